The molecule has 0 amide bonds. The molecule has 0 radical (unpaired) electrons. The van der Waals surface area contributed by atoms with Crippen LogP contribution < -0.4 is 10.5 Å². The smallest absolute Gasteiger partial charge is 0.262 e. The van der Waals surface area contributed by atoms with Crippen molar-refractivity contribution in [2.24, 2.45) is 5.73 Å². The van der Waals surface area contributed by atoms with E-state index in [9.17, 15) is 8.42 Å². The lowest BCUT2D eigenvalue weighted by Crippen LogP contribution is -2.19. The Kier molecular flexibility index (Phi) is 3.77. The zero-order valence-corrected chi connectivity index (χ0v) is 11.4. The molecular formula is C12H11N3O2S2. The number of aromatic nitrogens is 1. The van der Waals surface area contributed by atoms with Crippen LogP contribution in [0.4, 0.5) is 5.69 Å². The molecule has 1 heterocycles. The first kappa shape index (κ1) is 13.4. The van der Waals surface area contributed by atoms with E-state index in [1.165, 1.54) is 12.3 Å². The van der Waals surface area contributed by atoms with Gasteiger partial charge in [-0.2, -0.15) is 0 Å². The van der Waals surface area contributed by atoms with Crippen molar-refractivity contribution < 1.29 is 8.42 Å². The first-order valence-corrected chi connectivity index (χ1v) is 7.21. The second-order valence-corrected chi connectivity index (χ2v) is 5.80. The van der Waals surface area contributed by atoms with Gasteiger partial charge < -0.3 is 5.73 Å². The third-order valence-electron chi connectivity index (χ3n) is 2.36. The van der Waals surface area contributed by atoms with Crippen molar-refractivity contribution in [1.82, 2.24) is 4.98 Å². The molecule has 2 aromatic rings. The van der Waals surface area contributed by atoms with E-state index in [4.69, 9.17) is 18.0 Å². The Morgan fingerprint density at radius 1 is 1.21 bits per heavy atom. The normalized spacial score (nSPS) is 10.9. The fourth-order valence-corrected chi connectivity index (χ4v) is 3.05. The Morgan fingerprint density at radius 2 is 1.95 bits per heavy atom. The molecule has 2 rings (SSSR count). The molecule has 0 atom stereocenters. The van der Waals surface area contributed by atoms with Gasteiger partial charge in [-0.05, 0) is 18.2 Å². The molecule has 0 spiro atoms. The van der Waals surface area contributed by atoms with Crippen LogP contribution in [0, 0.1) is 0 Å². The van der Waals surface area contributed by atoms with Gasteiger partial charge in [0.1, 0.15) is 4.99 Å². The monoisotopic (exact) mass is 293 g/mol. The topological polar surface area (TPSA) is 85.1 Å². The van der Waals surface area contributed by atoms with Crippen LogP contribution in [0.5, 0.6) is 0 Å². The predicted molar refractivity (Wildman–Crippen MR) is 77.4 cm³/mol. The summed E-state index contributed by atoms with van der Waals surface area (Å²) in [5, 5.41) is 0. The highest BCUT2D eigenvalue weighted by Crippen LogP contribution is 2.19. The lowest BCUT2D eigenvalue weighted by molar-refractivity contribution is 0.601. The van der Waals surface area contributed by atoms with Crippen molar-refractivity contribution in [1.29, 1.82) is 0 Å². The maximum Gasteiger partial charge on any atom is 0.262 e. The maximum atomic E-state index is 12.3. The number of sulfonamides is 1. The SMILES string of the molecule is NC(=S)c1ccccc1S(=O)(=O)Nc1cccnc1. The van der Waals surface area contributed by atoms with E-state index in [-0.39, 0.29) is 9.88 Å². The van der Waals surface area contributed by atoms with E-state index in [0.717, 1.165) is 0 Å². The lowest BCUT2D eigenvalue weighted by Gasteiger charge is -2.11. The molecule has 1 aromatic carbocycles. The Balaban J connectivity index is 2.43. The van der Waals surface area contributed by atoms with Crippen LogP contribution in [0.25, 0.3) is 0 Å². The molecule has 0 saturated carbocycles. The molecule has 0 bridgehead atoms. The molecule has 98 valence electrons. The van der Waals surface area contributed by atoms with E-state index in [2.05, 4.69) is 9.71 Å². The lowest BCUT2D eigenvalue weighted by atomic mass is 10.2. The van der Waals surface area contributed by atoms with E-state index >= 15 is 0 Å². The third-order valence-corrected chi connectivity index (χ3v) is 4.02. The number of thiocarbonyl (C=S) groups is 1. The average molecular weight is 293 g/mol. The minimum absolute atomic E-state index is 0.0344. The molecular weight excluding hydrogens is 282 g/mol. The zero-order chi connectivity index (χ0) is 13.9. The molecule has 0 aliphatic rings. The Morgan fingerprint density at radius 3 is 2.58 bits per heavy atom. The van der Waals surface area contributed by atoms with Crippen molar-refractivity contribution in [3.05, 3.63) is 54.4 Å². The van der Waals surface area contributed by atoms with Gasteiger partial charge in [0, 0.05) is 11.8 Å². The average Bonchev–Trinajstić information content (AvgIpc) is 2.39. The summed E-state index contributed by atoms with van der Waals surface area (Å²) in [6.45, 7) is 0. The number of rotatable bonds is 4. The van der Waals surface area contributed by atoms with Gasteiger partial charge in [-0.3, -0.25) is 9.71 Å². The number of hydrogen-bond acceptors (Lipinski definition) is 4. The third kappa shape index (κ3) is 3.07. The molecule has 0 aliphatic carbocycles. The molecule has 0 aliphatic heterocycles. The fraction of sp³-hybridized carbons (Fsp3) is 0. The highest BCUT2D eigenvalue weighted by Gasteiger charge is 2.19. The van der Waals surface area contributed by atoms with Gasteiger partial charge in [-0.15, -0.1) is 0 Å². The first-order valence-electron chi connectivity index (χ1n) is 5.32. The van der Waals surface area contributed by atoms with Gasteiger partial charge in [0.05, 0.1) is 16.8 Å². The van der Waals surface area contributed by atoms with Crippen LogP contribution >= 0.6 is 12.2 Å². The number of nitrogens with one attached hydrogen (secondary N) is 1. The summed E-state index contributed by atoms with van der Waals surface area (Å²) in [6.07, 6.45) is 2.97. The standard InChI is InChI=1S/C12H11N3O2S2/c13-12(18)10-5-1-2-6-11(10)19(16,17)15-9-4-3-7-14-8-9/h1-8,15H,(H2,13,18). The van der Waals surface area contributed by atoms with Gasteiger partial charge in [0.15, 0.2) is 0 Å². The van der Waals surface area contributed by atoms with Gasteiger partial charge in [-0.25, -0.2) is 8.42 Å². The van der Waals surface area contributed by atoms with Crippen molar-refractivity contribution in [2.45, 2.75) is 4.90 Å². The van der Waals surface area contributed by atoms with Crippen molar-refractivity contribution >= 4 is 32.9 Å². The minimum Gasteiger partial charge on any atom is -0.389 e. The molecule has 1 aromatic heterocycles. The summed E-state index contributed by atoms with van der Waals surface area (Å²) in [5.74, 6) is 0. The molecule has 3 N–H and O–H groups in total. The van der Waals surface area contributed by atoms with Crippen molar-refractivity contribution in [3.8, 4) is 0 Å². The van der Waals surface area contributed by atoms with E-state index in [0.29, 0.717) is 11.3 Å². The summed E-state index contributed by atoms with van der Waals surface area (Å²) >= 11 is 4.86. The van der Waals surface area contributed by atoms with Crippen LogP contribution in [-0.4, -0.2) is 18.4 Å². The van der Waals surface area contributed by atoms with E-state index < -0.39 is 10.0 Å². The minimum atomic E-state index is -3.75. The summed E-state index contributed by atoms with van der Waals surface area (Å²) in [7, 11) is -3.75. The second-order valence-electron chi connectivity index (χ2n) is 3.71. The van der Waals surface area contributed by atoms with Crippen LogP contribution in [0.2, 0.25) is 0 Å². The molecule has 5 nitrogen and oxygen atoms in total. The van der Waals surface area contributed by atoms with Gasteiger partial charge in [0.25, 0.3) is 10.0 Å². The molecule has 0 saturated heterocycles. The maximum absolute atomic E-state index is 12.3. The quantitative estimate of drug-likeness (QED) is 0.835. The highest BCUT2D eigenvalue weighted by molar-refractivity contribution is 7.93. The van der Waals surface area contributed by atoms with Crippen molar-refractivity contribution in [2.75, 3.05) is 4.72 Å². The largest absolute Gasteiger partial charge is 0.389 e. The van der Waals surface area contributed by atoms with Crippen molar-refractivity contribution in [3.63, 3.8) is 0 Å². The number of anilines is 1. The number of hydrogen-bond donors (Lipinski definition) is 2. The molecule has 7 heteroatoms. The fourth-order valence-electron chi connectivity index (χ4n) is 1.54. The molecule has 19 heavy (non-hydrogen) atoms. The summed E-state index contributed by atoms with van der Waals surface area (Å²) < 4.78 is 27.0. The number of nitrogens with two attached hydrogens (primary N) is 1. The first-order chi connectivity index (χ1) is 9.00. The number of benzene rings is 1. The van der Waals surface area contributed by atoms with Gasteiger partial charge in [-0.1, -0.05) is 30.4 Å². The summed E-state index contributed by atoms with van der Waals surface area (Å²) in [5.41, 5.74) is 6.22. The Hall–Kier alpha value is -1.99. The van der Waals surface area contributed by atoms with Crippen LogP contribution in [0.3, 0.4) is 0 Å². The zero-order valence-electron chi connectivity index (χ0n) is 9.78. The van der Waals surface area contributed by atoms with Gasteiger partial charge >= 0.3 is 0 Å². The van der Waals surface area contributed by atoms with Crippen LogP contribution in [-0.2, 0) is 10.0 Å². The van der Waals surface area contributed by atoms with E-state index in [1.54, 1.807) is 36.5 Å². The molecule has 0 fully saturated rings. The Bertz CT molecular complexity index is 700. The number of nitrogens with zero attached hydrogens (tertiary/aromatic N) is 1. The highest BCUT2D eigenvalue weighted by atomic mass is 32.2. The van der Waals surface area contributed by atoms with E-state index in [1.807, 2.05) is 0 Å². The Labute approximate surface area is 116 Å². The van der Waals surface area contributed by atoms with Crippen LogP contribution in [0.15, 0.2) is 53.7 Å². The van der Waals surface area contributed by atoms with Crippen LogP contribution in [0.1, 0.15) is 5.56 Å². The second kappa shape index (κ2) is 5.33. The summed E-state index contributed by atoms with van der Waals surface area (Å²) in [4.78, 5) is 3.92. The molecule has 0 unspecified atom stereocenters. The predicted octanol–water partition coefficient (Wildman–Crippen LogP) is 1.52. The number of pyridine rings is 1. The summed E-state index contributed by atoms with van der Waals surface area (Å²) in [6, 6.07) is 9.55. The van der Waals surface area contributed by atoms with Gasteiger partial charge in [0.2, 0.25) is 0 Å².